The van der Waals surface area contributed by atoms with E-state index in [2.05, 4.69) is 21.9 Å². The number of hydrogen-bond donors (Lipinski definition) is 0. The minimum atomic E-state index is 0.309. The normalized spacial score (nSPS) is 18.2. The van der Waals surface area contributed by atoms with Crippen LogP contribution in [-0.4, -0.2) is 62.1 Å². The molecule has 3 aliphatic rings. The minimum Gasteiger partial charge on any atom is -0.493 e. The zero-order chi connectivity index (χ0) is 23.1. The fourth-order valence-corrected chi connectivity index (χ4v) is 4.96. The lowest BCUT2D eigenvalue weighted by atomic mass is 9.85. The Labute approximate surface area is 199 Å². The van der Waals surface area contributed by atoms with Gasteiger partial charge >= 0.3 is 0 Å². The summed E-state index contributed by atoms with van der Waals surface area (Å²) in [4.78, 5) is 14.9. The number of aromatic nitrogens is 2. The van der Waals surface area contributed by atoms with Gasteiger partial charge in [0, 0.05) is 50.1 Å². The smallest absolute Gasteiger partial charge is 0.231 e. The SMILES string of the molecule is COc1cc2nc(C3CCC3)nc(N3CCN(Cc4ccc5c(c4)OCO5)CC3)c2cc1OC. The molecule has 178 valence electrons. The zero-order valence-electron chi connectivity index (χ0n) is 19.7. The lowest BCUT2D eigenvalue weighted by Gasteiger charge is -2.36. The van der Waals surface area contributed by atoms with E-state index in [9.17, 15) is 0 Å². The first-order chi connectivity index (χ1) is 16.7. The van der Waals surface area contributed by atoms with E-state index >= 15 is 0 Å². The van der Waals surface area contributed by atoms with E-state index < -0.39 is 0 Å². The van der Waals surface area contributed by atoms with Crippen molar-refractivity contribution < 1.29 is 18.9 Å². The van der Waals surface area contributed by atoms with E-state index in [1.54, 1.807) is 14.2 Å². The van der Waals surface area contributed by atoms with Crippen LogP contribution in [0.2, 0.25) is 0 Å². The van der Waals surface area contributed by atoms with E-state index in [1.807, 2.05) is 18.2 Å². The van der Waals surface area contributed by atoms with Gasteiger partial charge in [-0.15, -0.1) is 0 Å². The predicted molar refractivity (Wildman–Crippen MR) is 129 cm³/mol. The summed E-state index contributed by atoms with van der Waals surface area (Å²) in [7, 11) is 3.33. The van der Waals surface area contributed by atoms with Gasteiger partial charge in [-0.25, -0.2) is 9.97 Å². The van der Waals surface area contributed by atoms with Crippen molar-refractivity contribution in [3.05, 3.63) is 41.7 Å². The van der Waals surface area contributed by atoms with E-state index in [0.29, 0.717) is 24.2 Å². The molecule has 34 heavy (non-hydrogen) atoms. The highest BCUT2D eigenvalue weighted by atomic mass is 16.7. The maximum absolute atomic E-state index is 5.59. The first kappa shape index (κ1) is 21.3. The average molecular weight is 463 g/mol. The second-order valence-electron chi connectivity index (χ2n) is 9.21. The van der Waals surface area contributed by atoms with Gasteiger partial charge in [-0.3, -0.25) is 4.90 Å². The lowest BCUT2D eigenvalue weighted by molar-refractivity contribution is 0.174. The van der Waals surface area contributed by atoms with Gasteiger partial charge in [0.05, 0.1) is 19.7 Å². The van der Waals surface area contributed by atoms with Crippen LogP contribution in [0.3, 0.4) is 0 Å². The van der Waals surface area contributed by atoms with Crippen molar-refractivity contribution in [2.24, 2.45) is 0 Å². The highest BCUT2D eigenvalue weighted by Crippen LogP contribution is 2.40. The molecule has 8 heteroatoms. The Kier molecular flexibility index (Phi) is 5.53. The van der Waals surface area contributed by atoms with Crippen LogP contribution in [0.25, 0.3) is 10.9 Å². The summed E-state index contributed by atoms with van der Waals surface area (Å²) in [5.74, 6) is 5.52. The van der Waals surface area contributed by atoms with E-state index in [4.69, 9.17) is 28.9 Å². The Bertz CT molecular complexity index is 1210. The number of methoxy groups -OCH3 is 2. The summed E-state index contributed by atoms with van der Waals surface area (Å²) in [6, 6.07) is 10.2. The topological polar surface area (TPSA) is 69.2 Å². The maximum Gasteiger partial charge on any atom is 0.231 e. The van der Waals surface area contributed by atoms with Crippen LogP contribution < -0.4 is 23.8 Å². The number of ether oxygens (including phenoxy) is 4. The fourth-order valence-electron chi connectivity index (χ4n) is 4.96. The number of hydrogen-bond acceptors (Lipinski definition) is 8. The van der Waals surface area contributed by atoms with Crippen molar-refractivity contribution in [1.29, 1.82) is 0 Å². The third-order valence-electron chi connectivity index (χ3n) is 7.18. The van der Waals surface area contributed by atoms with Crippen LogP contribution in [0.1, 0.15) is 36.6 Å². The van der Waals surface area contributed by atoms with Crippen LogP contribution in [0.15, 0.2) is 30.3 Å². The molecule has 2 fully saturated rings. The van der Waals surface area contributed by atoms with Crippen LogP contribution in [-0.2, 0) is 6.54 Å². The molecule has 2 aliphatic heterocycles. The Hall–Kier alpha value is -3.26. The molecule has 1 aliphatic carbocycles. The molecule has 1 saturated carbocycles. The molecule has 2 aromatic carbocycles. The molecule has 0 N–H and O–H groups in total. The Morgan fingerprint density at radius 2 is 1.68 bits per heavy atom. The molecular formula is C26H30N4O4. The number of benzene rings is 2. The molecule has 0 radical (unpaired) electrons. The average Bonchev–Trinajstić information content (AvgIpc) is 3.30. The maximum atomic E-state index is 5.59. The van der Waals surface area contributed by atoms with Crippen LogP contribution in [0.4, 0.5) is 5.82 Å². The molecule has 0 amide bonds. The highest BCUT2D eigenvalue weighted by Gasteiger charge is 2.27. The summed E-state index contributed by atoms with van der Waals surface area (Å²) in [5, 5.41) is 1.02. The standard InChI is InChI=1S/C26H30N4O4/c1-31-22-13-19-20(14-23(22)32-2)27-25(18-4-3-5-18)28-26(19)30-10-8-29(9-11-30)15-17-6-7-21-24(12-17)34-16-33-21/h6-7,12-14,18H,3-5,8-11,15-16H2,1-2H3. The van der Waals surface area contributed by atoms with Gasteiger partial charge < -0.3 is 23.8 Å². The molecule has 0 spiro atoms. The zero-order valence-corrected chi connectivity index (χ0v) is 19.7. The first-order valence-electron chi connectivity index (χ1n) is 12.0. The molecule has 0 bridgehead atoms. The molecule has 0 unspecified atom stereocenters. The Morgan fingerprint density at radius 1 is 0.912 bits per heavy atom. The van der Waals surface area contributed by atoms with E-state index in [1.165, 1.54) is 24.8 Å². The predicted octanol–water partition coefficient (Wildman–Crippen LogP) is 3.97. The first-order valence-corrected chi connectivity index (χ1v) is 12.0. The van der Waals surface area contributed by atoms with Gasteiger partial charge in [-0.2, -0.15) is 0 Å². The Morgan fingerprint density at radius 3 is 2.41 bits per heavy atom. The lowest BCUT2D eigenvalue weighted by Crippen LogP contribution is -2.46. The van der Waals surface area contributed by atoms with Crippen LogP contribution >= 0.6 is 0 Å². The molecule has 6 rings (SSSR count). The minimum absolute atomic E-state index is 0.309. The summed E-state index contributed by atoms with van der Waals surface area (Å²) >= 11 is 0. The third-order valence-corrected chi connectivity index (χ3v) is 7.18. The summed E-state index contributed by atoms with van der Waals surface area (Å²) < 4.78 is 22.1. The molecule has 3 aromatic rings. The number of anilines is 1. The second-order valence-corrected chi connectivity index (χ2v) is 9.21. The fraction of sp³-hybridized carbons (Fsp3) is 0.462. The molecule has 1 saturated heterocycles. The third kappa shape index (κ3) is 3.86. The quantitative estimate of drug-likeness (QED) is 0.545. The number of rotatable bonds is 6. The largest absolute Gasteiger partial charge is 0.493 e. The molecule has 0 atom stereocenters. The van der Waals surface area contributed by atoms with Gasteiger partial charge in [0.25, 0.3) is 0 Å². The van der Waals surface area contributed by atoms with Crippen molar-refractivity contribution in [1.82, 2.24) is 14.9 Å². The number of fused-ring (bicyclic) bond motifs is 2. The van der Waals surface area contributed by atoms with Gasteiger partial charge in [0.15, 0.2) is 23.0 Å². The Balaban J connectivity index is 1.25. The summed E-state index contributed by atoms with van der Waals surface area (Å²) in [6.45, 7) is 4.96. The van der Waals surface area contributed by atoms with E-state index in [0.717, 1.165) is 66.8 Å². The summed E-state index contributed by atoms with van der Waals surface area (Å²) in [6.07, 6.45) is 3.59. The van der Waals surface area contributed by atoms with Crippen molar-refractivity contribution in [3.8, 4) is 23.0 Å². The van der Waals surface area contributed by atoms with Crippen molar-refractivity contribution in [2.75, 3.05) is 52.1 Å². The van der Waals surface area contributed by atoms with Crippen molar-refractivity contribution >= 4 is 16.7 Å². The van der Waals surface area contributed by atoms with Crippen molar-refractivity contribution in [3.63, 3.8) is 0 Å². The van der Waals surface area contributed by atoms with E-state index in [-0.39, 0.29) is 0 Å². The van der Waals surface area contributed by atoms with Gasteiger partial charge in [0.1, 0.15) is 11.6 Å². The highest BCUT2D eigenvalue weighted by molar-refractivity contribution is 5.92. The van der Waals surface area contributed by atoms with Gasteiger partial charge in [0.2, 0.25) is 6.79 Å². The molecule has 1 aromatic heterocycles. The van der Waals surface area contributed by atoms with Crippen LogP contribution in [0, 0.1) is 0 Å². The van der Waals surface area contributed by atoms with Gasteiger partial charge in [-0.05, 0) is 36.6 Å². The van der Waals surface area contributed by atoms with Crippen LogP contribution in [0.5, 0.6) is 23.0 Å². The monoisotopic (exact) mass is 462 g/mol. The molecular weight excluding hydrogens is 432 g/mol. The number of nitrogens with zero attached hydrogens (tertiary/aromatic N) is 4. The second kappa shape index (κ2) is 8.83. The number of piperazine rings is 1. The molecule has 3 heterocycles. The summed E-state index contributed by atoms with van der Waals surface area (Å²) in [5.41, 5.74) is 2.17. The van der Waals surface area contributed by atoms with Gasteiger partial charge in [-0.1, -0.05) is 12.5 Å². The van der Waals surface area contributed by atoms with Crippen molar-refractivity contribution in [2.45, 2.75) is 31.7 Å². The molecule has 8 nitrogen and oxygen atoms in total.